The first-order valence-corrected chi connectivity index (χ1v) is 9.03. The van der Waals surface area contributed by atoms with Gasteiger partial charge in [0.25, 0.3) is 5.91 Å². The molecule has 0 unspecified atom stereocenters. The van der Waals surface area contributed by atoms with Crippen LogP contribution in [-0.2, 0) is 6.73 Å². The molecule has 0 saturated heterocycles. The van der Waals surface area contributed by atoms with E-state index < -0.39 is 0 Å². The maximum absolute atomic E-state index is 12.5. The van der Waals surface area contributed by atoms with E-state index in [0.29, 0.717) is 36.1 Å². The molecule has 0 bridgehead atoms. The zero-order valence-corrected chi connectivity index (χ0v) is 15.8. The van der Waals surface area contributed by atoms with Crippen molar-refractivity contribution in [1.82, 2.24) is 9.78 Å². The van der Waals surface area contributed by atoms with Crippen molar-refractivity contribution >= 4 is 11.6 Å². The fourth-order valence-electron chi connectivity index (χ4n) is 2.97. The van der Waals surface area contributed by atoms with E-state index in [2.05, 4.69) is 16.5 Å². The van der Waals surface area contributed by atoms with Gasteiger partial charge in [-0.25, -0.2) is 4.68 Å². The fraction of sp³-hybridized carbons (Fsp3) is 0.238. The Balaban J connectivity index is 1.39. The standard InChI is InChI=1S/C21H21N3O4/c1-14-3-5-18(15(2)11-14)28-13-24-8-7-17(23-24)21(25)22-16-4-6-19-20(12-16)27-10-9-26-19/h3-8,11-12H,9-10,13H2,1-2H3,(H,22,25). The van der Waals surface area contributed by atoms with E-state index >= 15 is 0 Å². The maximum Gasteiger partial charge on any atom is 0.276 e. The van der Waals surface area contributed by atoms with Crippen LogP contribution in [0.2, 0.25) is 0 Å². The fourth-order valence-corrected chi connectivity index (χ4v) is 2.97. The van der Waals surface area contributed by atoms with Gasteiger partial charge in [-0.3, -0.25) is 4.79 Å². The summed E-state index contributed by atoms with van der Waals surface area (Å²) in [7, 11) is 0. The minimum absolute atomic E-state index is 0.223. The van der Waals surface area contributed by atoms with Crippen molar-refractivity contribution < 1.29 is 19.0 Å². The van der Waals surface area contributed by atoms with Crippen molar-refractivity contribution in [2.45, 2.75) is 20.6 Å². The number of carbonyl (C=O) groups excluding carboxylic acids is 1. The third-order valence-corrected chi connectivity index (χ3v) is 4.36. The van der Waals surface area contributed by atoms with Crippen LogP contribution in [0.5, 0.6) is 17.2 Å². The van der Waals surface area contributed by atoms with Crippen LogP contribution in [-0.4, -0.2) is 28.9 Å². The van der Waals surface area contributed by atoms with Gasteiger partial charge in [-0.1, -0.05) is 17.7 Å². The summed E-state index contributed by atoms with van der Waals surface area (Å²) in [5.41, 5.74) is 3.17. The number of carbonyl (C=O) groups is 1. The van der Waals surface area contributed by atoms with E-state index in [1.807, 2.05) is 26.0 Å². The molecule has 0 fully saturated rings. The van der Waals surface area contributed by atoms with E-state index in [4.69, 9.17) is 14.2 Å². The number of nitrogens with zero attached hydrogens (tertiary/aromatic N) is 2. The monoisotopic (exact) mass is 379 g/mol. The molecule has 0 radical (unpaired) electrons. The van der Waals surface area contributed by atoms with Crippen LogP contribution in [0.15, 0.2) is 48.7 Å². The lowest BCUT2D eigenvalue weighted by molar-refractivity contribution is 0.102. The average molecular weight is 379 g/mol. The van der Waals surface area contributed by atoms with Gasteiger partial charge in [0.2, 0.25) is 0 Å². The summed E-state index contributed by atoms with van der Waals surface area (Å²) in [6.07, 6.45) is 1.71. The second-order valence-corrected chi connectivity index (χ2v) is 6.60. The molecule has 4 rings (SSSR count). The molecule has 1 aliphatic rings. The lowest BCUT2D eigenvalue weighted by Crippen LogP contribution is -2.17. The van der Waals surface area contributed by atoms with Crippen molar-refractivity contribution in [2.24, 2.45) is 0 Å². The predicted molar refractivity (Wildman–Crippen MR) is 104 cm³/mol. The Morgan fingerprint density at radius 2 is 1.93 bits per heavy atom. The van der Waals surface area contributed by atoms with Gasteiger partial charge in [0, 0.05) is 18.0 Å². The summed E-state index contributed by atoms with van der Waals surface area (Å²) in [6, 6.07) is 12.9. The molecule has 1 N–H and O–H groups in total. The number of aromatic nitrogens is 2. The molecule has 144 valence electrons. The molecule has 1 amide bonds. The van der Waals surface area contributed by atoms with Crippen LogP contribution in [0.3, 0.4) is 0 Å². The highest BCUT2D eigenvalue weighted by Crippen LogP contribution is 2.32. The lowest BCUT2D eigenvalue weighted by Gasteiger charge is -2.18. The minimum atomic E-state index is -0.304. The molecule has 0 aliphatic carbocycles. The molecule has 3 aromatic rings. The highest BCUT2D eigenvalue weighted by molar-refractivity contribution is 6.02. The number of rotatable bonds is 5. The first kappa shape index (κ1) is 17.9. The Labute approximate surface area is 162 Å². The quantitative estimate of drug-likeness (QED) is 0.734. The van der Waals surface area contributed by atoms with E-state index in [-0.39, 0.29) is 12.6 Å². The molecular formula is C21H21N3O4. The summed E-state index contributed by atoms with van der Waals surface area (Å²) in [5, 5.41) is 7.10. The molecule has 7 heteroatoms. The minimum Gasteiger partial charge on any atom is -0.486 e. The van der Waals surface area contributed by atoms with E-state index in [9.17, 15) is 4.79 Å². The number of nitrogens with one attached hydrogen (secondary N) is 1. The van der Waals surface area contributed by atoms with Crippen molar-refractivity contribution in [2.75, 3.05) is 18.5 Å². The number of fused-ring (bicyclic) bond motifs is 1. The number of benzene rings is 2. The molecule has 0 atom stereocenters. The van der Waals surface area contributed by atoms with Crippen LogP contribution in [0.25, 0.3) is 0 Å². The van der Waals surface area contributed by atoms with Crippen LogP contribution in [0, 0.1) is 13.8 Å². The normalized spacial score (nSPS) is 12.5. The zero-order chi connectivity index (χ0) is 19.5. The summed E-state index contributed by atoms with van der Waals surface area (Å²) >= 11 is 0. The van der Waals surface area contributed by atoms with E-state index in [0.717, 1.165) is 11.3 Å². The zero-order valence-electron chi connectivity index (χ0n) is 15.8. The molecule has 0 saturated carbocycles. The molecule has 28 heavy (non-hydrogen) atoms. The van der Waals surface area contributed by atoms with Gasteiger partial charge in [0.1, 0.15) is 19.0 Å². The van der Waals surface area contributed by atoms with Gasteiger partial charge in [-0.05, 0) is 43.7 Å². The van der Waals surface area contributed by atoms with Crippen molar-refractivity contribution in [3.8, 4) is 17.2 Å². The van der Waals surface area contributed by atoms with Gasteiger partial charge < -0.3 is 19.5 Å². The van der Waals surface area contributed by atoms with Gasteiger partial charge in [-0.2, -0.15) is 5.10 Å². The number of hydrogen-bond acceptors (Lipinski definition) is 5. The van der Waals surface area contributed by atoms with Crippen LogP contribution >= 0.6 is 0 Å². The van der Waals surface area contributed by atoms with Crippen molar-refractivity contribution in [1.29, 1.82) is 0 Å². The molecule has 2 aromatic carbocycles. The Kier molecular flexibility index (Phi) is 4.89. The largest absolute Gasteiger partial charge is 0.486 e. The molecular weight excluding hydrogens is 358 g/mol. The second kappa shape index (κ2) is 7.64. The Morgan fingerprint density at radius 3 is 2.75 bits per heavy atom. The number of hydrogen-bond donors (Lipinski definition) is 1. The average Bonchev–Trinajstić information content (AvgIpc) is 3.16. The summed E-state index contributed by atoms with van der Waals surface area (Å²) < 4.78 is 18.4. The predicted octanol–water partition coefficient (Wildman–Crippen LogP) is 3.56. The van der Waals surface area contributed by atoms with Gasteiger partial charge in [-0.15, -0.1) is 0 Å². The third-order valence-electron chi connectivity index (χ3n) is 4.36. The number of anilines is 1. The van der Waals surface area contributed by atoms with Gasteiger partial charge >= 0.3 is 0 Å². The van der Waals surface area contributed by atoms with Crippen molar-refractivity contribution in [3.63, 3.8) is 0 Å². The number of amides is 1. The SMILES string of the molecule is Cc1ccc(OCn2ccc(C(=O)Nc3ccc4c(c3)OCCO4)n2)c(C)c1. The smallest absolute Gasteiger partial charge is 0.276 e. The summed E-state index contributed by atoms with van der Waals surface area (Å²) in [5.74, 6) is 1.79. The first-order chi connectivity index (χ1) is 13.6. The highest BCUT2D eigenvalue weighted by Gasteiger charge is 2.15. The molecule has 2 heterocycles. The highest BCUT2D eigenvalue weighted by atomic mass is 16.6. The Bertz CT molecular complexity index is 1010. The van der Waals surface area contributed by atoms with Crippen LogP contribution in [0.4, 0.5) is 5.69 Å². The van der Waals surface area contributed by atoms with Gasteiger partial charge in [0.05, 0.1) is 0 Å². The number of aryl methyl sites for hydroxylation is 2. The lowest BCUT2D eigenvalue weighted by atomic mass is 10.1. The number of ether oxygens (including phenoxy) is 3. The molecule has 0 spiro atoms. The first-order valence-electron chi connectivity index (χ1n) is 9.03. The summed E-state index contributed by atoms with van der Waals surface area (Å²) in [6.45, 7) is 5.28. The third kappa shape index (κ3) is 3.93. The van der Waals surface area contributed by atoms with Gasteiger partial charge in [0.15, 0.2) is 23.9 Å². The van der Waals surface area contributed by atoms with Crippen LogP contribution in [0.1, 0.15) is 21.6 Å². The molecule has 7 nitrogen and oxygen atoms in total. The molecule has 1 aliphatic heterocycles. The van der Waals surface area contributed by atoms with Crippen molar-refractivity contribution in [3.05, 3.63) is 65.5 Å². The molecule has 1 aromatic heterocycles. The second-order valence-electron chi connectivity index (χ2n) is 6.60. The maximum atomic E-state index is 12.5. The summed E-state index contributed by atoms with van der Waals surface area (Å²) in [4.78, 5) is 12.5. The van der Waals surface area contributed by atoms with E-state index in [1.165, 1.54) is 5.56 Å². The Morgan fingerprint density at radius 1 is 1.11 bits per heavy atom. The topological polar surface area (TPSA) is 74.6 Å². The Hall–Kier alpha value is -3.48. The van der Waals surface area contributed by atoms with Crippen LogP contribution < -0.4 is 19.5 Å². The van der Waals surface area contributed by atoms with E-state index in [1.54, 1.807) is 35.1 Å².